The van der Waals surface area contributed by atoms with Crippen LogP contribution in [0.3, 0.4) is 0 Å². The van der Waals surface area contributed by atoms with Crippen LogP contribution in [0.15, 0.2) is 76.7 Å². The minimum atomic E-state index is -1.90. The number of hydrogen-bond donors (Lipinski definition) is 0. The molecule has 3 aliphatic heterocycles. The normalized spacial score (nSPS) is 23.6. The summed E-state index contributed by atoms with van der Waals surface area (Å²) in [6, 6.07) is 18.5. The van der Waals surface area contributed by atoms with Crippen LogP contribution in [-0.2, 0) is 35.7 Å². The zero-order valence-corrected chi connectivity index (χ0v) is 34.3. The summed E-state index contributed by atoms with van der Waals surface area (Å²) in [5.41, 5.74) is 3.07. The van der Waals surface area contributed by atoms with Crippen molar-refractivity contribution in [2.75, 3.05) is 31.7 Å². The van der Waals surface area contributed by atoms with Crippen LogP contribution in [0.2, 0.25) is 0 Å². The summed E-state index contributed by atoms with van der Waals surface area (Å²) in [6.07, 6.45) is -0.924. The molecule has 4 amide bonds. The van der Waals surface area contributed by atoms with E-state index in [4.69, 9.17) is 9.47 Å². The first kappa shape index (κ1) is 39.9. The van der Waals surface area contributed by atoms with Gasteiger partial charge < -0.3 is 9.47 Å². The van der Waals surface area contributed by atoms with E-state index in [2.05, 4.69) is 0 Å². The average Bonchev–Trinajstić information content (AvgIpc) is 3.78. The first-order valence-electron chi connectivity index (χ1n) is 18.6. The van der Waals surface area contributed by atoms with Gasteiger partial charge in [0.1, 0.15) is 23.1 Å². The highest BCUT2D eigenvalue weighted by atomic mass is 32.2. The molecule has 3 aromatic rings. The fraction of sp³-hybridized carbons (Fsp3) is 0.425. The Bertz CT molecular complexity index is 2250. The number of esters is 2. The number of carbonyl (C=O) groups excluding carboxylic acids is 6. The van der Waals surface area contributed by atoms with E-state index in [1.165, 1.54) is 4.68 Å². The molecule has 4 aliphatic rings. The summed E-state index contributed by atoms with van der Waals surface area (Å²) >= 11 is 1.36. The van der Waals surface area contributed by atoms with E-state index >= 15 is 4.79 Å². The van der Waals surface area contributed by atoms with E-state index < -0.39 is 86.9 Å². The van der Waals surface area contributed by atoms with Gasteiger partial charge in [0, 0.05) is 42.9 Å². The predicted octanol–water partition coefficient (Wildman–Crippen LogP) is 4.61. The number of thioether (sulfide) groups is 2. The van der Waals surface area contributed by atoms with Crippen LogP contribution in [-0.4, -0.2) is 107 Å². The Kier molecular flexibility index (Phi) is 10.7. The van der Waals surface area contributed by atoms with Crippen molar-refractivity contribution in [2.45, 2.75) is 69.2 Å². The standard InChI is InChI=1S/C40H44N6O9S2/c1-22(2)54-30(47)20-43-36(50)34(56-38(43)52)33-27-19-45(25-14-10-8-11-15-25)42(7)29(27)18-28(32-24(5)41(6)46(35(32)49)26-16-12-9-13-17-26)40(33)37(51)44(39(53)57-40)21-31(48)55-23(3)4/h8-17,22-23,28,33-34H,18-21H2,1-7H3. The van der Waals surface area contributed by atoms with Crippen LogP contribution in [0.5, 0.6) is 0 Å². The van der Waals surface area contributed by atoms with Gasteiger partial charge in [0.15, 0.2) is 0 Å². The number of imide groups is 2. The number of aromatic nitrogens is 2. The fourth-order valence-corrected chi connectivity index (χ4v) is 11.2. The van der Waals surface area contributed by atoms with E-state index in [0.29, 0.717) is 46.2 Å². The number of hydrazine groups is 1. The van der Waals surface area contributed by atoms with Crippen molar-refractivity contribution in [2.24, 2.45) is 13.0 Å². The molecule has 0 N–H and O–H groups in total. The monoisotopic (exact) mass is 816 g/mol. The molecular weight excluding hydrogens is 773 g/mol. The maximum atomic E-state index is 15.5. The molecule has 0 saturated carbocycles. The lowest BCUT2D eigenvalue weighted by molar-refractivity contribution is -0.151. The summed E-state index contributed by atoms with van der Waals surface area (Å²) < 4.78 is 11.9. The van der Waals surface area contributed by atoms with Gasteiger partial charge in [-0.1, -0.05) is 48.2 Å². The van der Waals surface area contributed by atoms with Crippen molar-refractivity contribution >= 4 is 63.4 Å². The molecule has 2 aromatic carbocycles. The van der Waals surface area contributed by atoms with Crippen LogP contribution in [0.4, 0.5) is 15.3 Å². The Hall–Kier alpha value is -5.29. The predicted molar refractivity (Wildman–Crippen MR) is 214 cm³/mol. The number of para-hydroxylation sites is 2. The van der Waals surface area contributed by atoms with Crippen molar-refractivity contribution in [1.82, 2.24) is 24.2 Å². The van der Waals surface area contributed by atoms with E-state index in [1.54, 1.807) is 70.6 Å². The van der Waals surface area contributed by atoms with Crippen molar-refractivity contribution in [3.05, 3.63) is 93.5 Å². The molecule has 1 aliphatic carbocycles. The van der Waals surface area contributed by atoms with Gasteiger partial charge in [0.05, 0.1) is 30.1 Å². The van der Waals surface area contributed by atoms with Crippen LogP contribution in [0, 0.1) is 12.8 Å². The van der Waals surface area contributed by atoms with Gasteiger partial charge in [0.25, 0.3) is 16.0 Å². The van der Waals surface area contributed by atoms with Crippen LogP contribution in [0.25, 0.3) is 5.69 Å². The largest absolute Gasteiger partial charge is 0.462 e. The molecule has 4 heterocycles. The molecule has 4 atom stereocenters. The molecule has 1 spiro atoms. The van der Waals surface area contributed by atoms with Gasteiger partial charge in [-0.2, -0.15) is 0 Å². The second-order valence-electron chi connectivity index (χ2n) is 15.0. The third-order valence-electron chi connectivity index (χ3n) is 10.8. The summed E-state index contributed by atoms with van der Waals surface area (Å²) in [5, 5.41) is 1.15. The van der Waals surface area contributed by atoms with Gasteiger partial charge in [-0.15, -0.1) is 0 Å². The van der Waals surface area contributed by atoms with Gasteiger partial charge >= 0.3 is 11.9 Å². The van der Waals surface area contributed by atoms with Gasteiger partial charge in [-0.3, -0.25) is 58.1 Å². The Morgan fingerprint density at radius 1 is 0.807 bits per heavy atom. The number of hydrogen-bond acceptors (Lipinski definition) is 13. The Morgan fingerprint density at radius 2 is 1.37 bits per heavy atom. The second-order valence-corrected chi connectivity index (χ2v) is 17.3. The molecule has 2 saturated heterocycles. The summed E-state index contributed by atoms with van der Waals surface area (Å²) in [7, 11) is 3.59. The van der Waals surface area contributed by atoms with Crippen LogP contribution < -0.4 is 10.6 Å². The molecule has 2 fully saturated rings. The number of rotatable bonds is 10. The van der Waals surface area contributed by atoms with E-state index in [9.17, 15) is 28.8 Å². The molecule has 0 radical (unpaired) electrons. The minimum absolute atomic E-state index is 0.0980. The molecule has 1 aromatic heterocycles. The number of amides is 4. The zero-order chi connectivity index (χ0) is 41.1. The SMILES string of the molecule is Cc1c(C2CC3=C(CN(c4ccccc4)N3C)C(C3SC(=O)N(CC(=O)OC(C)C)C3=O)C23SC(=O)N(CC(=O)OC(C)C)C3=O)c(=O)n(-c2ccccc2)n1C. The lowest BCUT2D eigenvalue weighted by Crippen LogP contribution is -2.57. The number of allylic oxidation sites excluding steroid dienone is 1. The molecule has 57 heavy (non-hydrogen) atoms. The number of anilines is 1. The van der Waals surface area contributed by atoms with Crippen molar-refractivity contribution in [3.63, 3.8) is 0 Å². The van der Waals surface area contributed by atoms with Crippen LogP contribution >= 0.6 is 23.5 Å². The fourth-order valence-electron chi connectivity index (χ4n) is 8.42. The first-order valence-corrected chi connectivity index (χ1v) is 20.3. The zero-order valence-electron chi connectivity index (χ0n) is 32.7. The highest BCUT2D eigenvalue weighted by molar-refractivity contribution is 8.16. The van der Waals surface area contributed by atoms with E-state index in [1.807, 2.05) is 53.5 Å². The van der Waals surface area contributed by atoms with E-state index in [0.717, 1.165) is 15.5 Å². The minimum Gasteiger partial charge on any atom is -0.462 e. The summed E-state index contributed by atoms with van der Waals surface area (Å²) in [6.45, 7) is 7.22. The lowest BCUT2D eigenvalue weighted by atomic mass is 9.65. The molecular formula is C40H44N6O9S2. The number of benzene rings is 2. The average molecular weight is 817 g/mol. The van der Waals surface area contributed by atoms with Crippen molar-refractivity contribution < 1.29 is 38.2 Å². The highest BCUT2D eigenvalue weighted by Crippen LogP contribution is 2.63. The summed E-state index contributed by atoms with van der Waals surface area (Å²) in [5.74, 6) is -5.30. The summed E-state index contributed by atoms with van der Waals surface area (Å²) in [4.78, 5) is 101. The number of carbonyl (C=O) groups is 6. The van der Waals surface area contributed by atoms with Crippen molar-refractivity contribution in [3.8, 4) is 5.69 Å². The lowest BCUT2D eigenvalue weighted by Gasteiger charge is -2.46. The second kappa shape index (κ2) is 15.2. The Morgan fingerprint density at radius 3 is 1.95 bits per heavy atom. The third-order valence-corrected chi connectivity index (χ3v) is 13.4. The molecule has 4 unspecified atom stereocenters. The third kappa shape index (κ3) is 6.73. The molecule has 300 valence electrons. The van der Waals surface area contributed by atoms with Crippen molar-refractivity contribution in [1.29, 1.82) is 0 Å². The Balaban J connectivity index is 1.45. The van der Waals surface area contributed by atoms with Gasteiger partial charge in [-0.25, -0.2) is 4.68 Å². The maximum absolute atomic E-state index is 15.5. The number of ether oxygens (including phenoxy) is 2. The number of nitrogens with zero attached hydrogens (tertiary/aromatic N) is 6. The first-order chi connectivity index (χ1) is 27.1. The van der Waals surface area contributed by atoms with Crippen LogP contribution in [0.1, 0.15) is 51.3 Å². The highest BCUT2D eigenvalue weighted by Gasteiger charge is 2.70. The smallest absolute Gasteiger partial charge is 0.326 e. The Labute approximate surface area is 337 Å². The van der Waals surface area contributed by atoms with Gasteiger partial charge in [-0.05, 0) is 82.6 Å². The molecule has 0 bridgehead atoms. The van der Waals surface area contributed by atoms with Gasteiger partial charge in [0.2, 0.25) is 11.8 Å². The topological polar surface area (TPSA) is 161 Å². The van der Waals surface area contributed by atoms with E-state index in [-0.39, 0.29) is 18.5 Å². The molecule has 15 nitrogen and oxygen atoms in total. The quantitative estimate of drug-likeness (QED) is 0.261. The molecule has 17 heteroatoms. The molecule has 7 rings (SSSR count). The maximum Gasteiger partial charge on any atom is 0.326 e.